The Morgan fingerprint density at radius 2 is 2.41 bits per heavy atom. The van der Waals surface area contributed by atoms with Crippen molar-refractivity contribution in [3.8, 4) is 0 Å². The molecule has 0 aromatic carbocycles. The fourth-order valence-electron chi connectivity index (χ4n) is 2.00. The Bertz CT molecular complexity index is 439. The maximum absolute atomic E-state index is 12.0. The third-order valence-electron chi connectivity index (χ3n) is 3.08. The van der Waals surface area contributed by atoms with E-state index in [0.717, 1.165) is 11.3 Å². The summed E-state index contributed by atoms with van der Waals surface area (Å²) in [5.74, 6) is 0.560. The van der Waals surface area contributed by atoms with Crippen molar-refractivity contribution < 1.29 is 14.0 Å². The van der Waals surface area contributed by atoms with Crippen LogP contribution in [-0.4, -0.2) is 30.3 Å². The SMILES string of the molecule is Cc1occc1CN(C)C(=O)C1CNC(=O)C1. The number of nitrogens with zero attached hydrogens (tertiary/aromatic N) is 1. The first-order chi connectivity index (χ1) is 8.08. The molecule has 1 aromatic heterocycles. The first-order valence-corrected chi connectivity index (χ1v) is 5.62. The van der Waals surface area contributed by atoms with Crippen molar-refractivity contribution in [3.05, 3.63) is 23.7 Å². The van der Waals surface area contributed by atoms with E-state index in [0.29, 0.717) is 19.5 Å². The van der Waals surface area contributed by atoms with Crippen LogP contribution in [0.5, 0.6) is 0 Å². The minimum atomic E-state index is -0.222. The first kappa shape index (κ1) is 11.7. The predicted molar refractivity (Wildman–Crippen MR) is 61.0 cm³/mol. The van der Waals surface area contributed by atoms with Gasteiger partial charge in [-0.2, -0.15) is 0 Å². The molecule has 1 fully saturated rings. The average Bonchev–Trinajstić information content (AvgIpc) is 2.88. The van der Waals surface area contributed by atoms with Gasteiger partial charge in [-0.15, -0.1) is 0 Å². The molecule has 1 atom stereocenters. The number of hydrogen-bond acceptors (Lipinski definition) is 3. The van der Waals surface area contributed by atoms with Gasteiger partial charge in [0, 0.05) is 32.1 Å². The molecule has 1 aliphatic heterocycles. The molecule has 0 radical (unpaired) electrons. The molecule has 5 heteroatoms. The summed E-state index contributed by atoms with van der Waals surface area (Å²) >= 11 is 0. The highest BCUT2D eigenvalue weighted by molar-refractivity contribution is 5.89. The Labute approximate surface area is 99.8 Å². The second kappa shape index (κ2) is 4.61. The standard InChI is InChI=1S/C12H16N2O3/c1-8-9(3-4-17-8)7-14(2)12(16)10-5-11(15)13-6-10/h3-4,10H,5-7H2,1-2H3,(H,13,15). The van der Waals surface area contributed by atoms with Gasteiger partial charge in [0.25, 0.3) is 0 Å². The van der Waals surface area contributed by atoms with Crippen molar-refractivity contribution in [1.29, 1.82) is 0 Å². The molecule has 2 rings (SSSR count). The topological polar surface area (TPSA) is 62.6 Å². The predicted octanol–water partition coefficient (Wildman–Crippen LogP) is 0.683. The van der Waals surface area contributed by atoms with Crippen molar-refractivity contribution in [3.63, 3.8) is 0 Å². The van der Waals surface area contributed by atoms with Crippen LogP contribution in [0.1, 0.15) is 17.7 Å². The molecular formula is C12H16N2O3. The summed E-state index contributed by atoms with van der Waals surface area (Å²) in [6, 6.07) is 1.86. The van der Waals surface area contributed by atoms with E-state index in [9.17, 15) is 9.59 Å². The molecule has 0 saturated carbocycles. The fourth-order valence-corrected chi connectivity index (χ4v) is 2.00. The van der Waals surface area contributed by atoms with Crippen LogP contribution in [0.2, 0.25) is 0 Å². The maximum atomic E-state index is 12.0. The lowest BCUT2D eigenvalue weighted by Gasteiger charge is -2.19. The molecule has 1 aromatic rings. The van der Waals surface area contributed by atoms with E-state index in [2.05, 4.69) is 5.32 Å². The highest BCUT2D eigenvalue weighted by atomic mass is 16.3. The maximum Gasteiger partial charge on any atom is 0.228 e. The third-order valence-corrected chi connectivity index (χ3v) is 3.08. The quantitative estimate of drug-likeness (QED) is 0.839. The largest absolute Gasteiger partial charge is 0.469 e. The van der Waals surface area contributed by atoms with Gasteiger partial charge < -0.3 is 14.6 Å². The minimum absolute atomic E-state index is 0.00366. The van der Waals surface area contributed by atoms with Crippen LogP contribution in [0.4, 0.5) is 0 Å². The first-order valence-electron chi connectivity index (χ1n) is 5.62. The van der Waals surface area contributed by atoms with E-state index in [1.54, 1.807) is 18.2 Å². The van der Waals surface area contributed by atoms with Gasteiger partial charge in [-0.25, -0.2) is 0 Å². The molecule has 92 valence electrons. The van der Waals surface area contributed by atoms with Crippen molar-refractivity contribution in [2.75, 3.05) is 13.6 Å². The Kier molecular flexibility index (Phi) is 3.17. The van der Waals surface area contributed by atoms with E-state index in [1.807, 2.05) is 13.0 Å². The summed E-state index contributed by atoms with van der Waals surface area (Å²) in [5.41, 5.74) is 0.998. The number of aryl methyl sites for hydroxylation is 1. The number of nitrogens with one attached hydrogen (secondary N) is 1. The molecule has 1 N–H and O–H groups in total. The van der Waals surface area contributed by atoms with Gasteiger partial charge in [-0.1, -0.05) is 0 Å². The number of hydrogen-bond donors (Lipinski definition) is 1. The van der Waals surface area contributed by atoms with Crippen LogP contribution in [0.3, 0.4) is 0 Å². The number of carbonyl (C=O) groups excluding carboxylic acids is 2. The van der Waals surface area contributed by atoms with Crippen LogP contribution < -0.4 is 5.32 Å². The Morgan fingerprint density at radius 3 is 2.94 bits per heavy atom. The molecule has 5 nitrogen and oxygen atoms in total. The lowest BCUT2D eigenvalue weighted by atomic mass is 10.1. The molecule has 0 spiro atoms. The van der Waals surface area contributed by atoms with E-state index >= 15 is 0 Å². The molecule has 0 bridgehead atoms. The van der Waals surface area contributed by atoms with Crippen LogP contribution in [0.25, 0.3) is 0 Å². The van der Waals surface area contributed by atoms with Crippen LogP contribution in [0.15, 0.2) is 16.7 Å². The van der Waals surface area contributed by atoms with Gasteiger partial charge >= 0.3 is 0 Å². The minimum Gasteiger partial charge on any atom is -0.469 e. The normalized spacial score (nSPS) is 19.2. The fraction of sp³-hybridized carbons (Fsp3) is 0.500. The number of furan rings is 1. The van der Waals surface area contributed by atoms with Crippen LogP contribution in [-0.2, 0) is 16.1 Å². The summed E-state index contributed by atoms with van der Waals surface area (Å²) in [4.78, 5) is 24.7. The van der Waals surface area contributed by atoms with E-state index < -0.39 is 0 Å². The van der Waals surface area contributed by atoms with Gasteiger partial charge in [0.1, 0.15) is 5.76 Å². The summed E-state index contributed by atoms with van der Waals surface area (Å²) in [7, 11) is 1.75. The van der Waals surface area contributed by atoms with Crippen molar-refractivity contribution in [2.45, 2.75) is 19.9 Å². The second-order valence-electron chi connectivity index (χ2n) is 4.40. The average molecular weight is 236 g/mol. The van der Waals surface area contributed by atoms with Gasteiger partial charge in [0.05, 0.1) is 12.2 Å². The molecule has 2 heterocycles. The smallest absolute Gasteiger partial charge is 0.228 e. The third kappa shape index (κ3) is 2.49. The molecular weight excluding hydrogens is 220 g/mol. The van der Waals surface area contributed by atoms with E-state index in [-0.39, 0.29) is 17.7 Å². The Balaban J connectivity index is 1.96. The highest BCUT2D eigenvalue weighted by Crippen LogP contribution is 2.16. The van der Waals surface area contributed by atoms with Gasteiger partial charge in [-0.05, 0) is 13.0 Å². The number of carbonyl (C=O) groups is 2. The van der Waals surface area contributed by atoms with Crippen molar-refractivity contribution in [1.82, 2.24) is 10.2 Å². The monoisotopic (exact) mass is 236 g/mol. The number of rotatable bonds is 3. The molecule has 17 heavy (non-hydrogen) atoms. The molecule has 1 aliphatic rings. The highest BCUT2D eigenvalue weighted by Gasteiger charge is 2.30. The lowest BCUT2D eigenvalue weighted by Crippen LogP contribution is -2.33. The van der Waals surface area contributed by atoms with Gasteiger partial charge in [-0.3, -0.25) is 9.59 Å². The lowest BCUT2D eigenvalue weighted by molar-refractivity contribution is -0.135. The zero-order valence-electron chi connectivity index (χ0n) is 10.0. The van der Waals surface area contributed by atoms with Gasteiger partial charge in [0.15, 0.2) is 0 Å². The van der Waals surface area contributed by atoms with Crippen molar-refractivity contribution in [2.24, 2.45) is 5.92 Å². The molecule has 2 amide bonds. The number of amides is 2. The van der Waals surface area contributed by atoms with Gasteiger partial charge in [0.2, 0.25) is 11.8 Å². The van der Waals surface area contributed by atoms with Crippen LogP contribution >= 0.6 is 0 Å². The zero-order valence-corrected chi connectivity index (χ0v) is 10.0. The van der Waals surface area contributed by atoms with Crippen molar-refractivity contribution >= 4 is 11.8 Å². The molecule has 0 aliphatic carbocycles. The summed E-state index contributed by atoms with van der Waals surface area (Å²) < 4.78 is 5.18. The second-order valence-corrected chi connectivity index (χ2v) is 4.40. The Morgan fingerprint density at radius 1 is 1.65 bits per heavy atom. The van der Waals surface area contributed by atoms with E-state index in [4.69, 9.17) is 4.42 Å². The summed E-state index contributed by atoms with van der Waals surface area (Å²) in [6.07, 6.45) is 1.91. The molecule has 1 saturated heterocycles. The summed E-state index contributed by atoms with van der Waals surface area (Å²) in [6.45, 7) is 2.84. The zero-order chi connectivity index (χ0) is 12.4. The van der Waals surface area contributed by atoms with Crippen LogP contribution in [0, 0.1) is 12.8 Å². The Hall–Kier alpha value is -1.78. The molecule has 1 unspecified atom stereocenters. The van der Waals surface area contributed by atoms with E-state index in [1.165, 1.54) is 0 Å². The summed E-state index contributed by atoms with van der Waals surface area (Å²) in [5, 5.41) is 2.67.